The largest absolute Gasteiger partial charge is 0.432 e. The third-order valence-electron chi connectivity index (χ3n) is 2.46. The predicted octanol–water partition coefficient (Wildman–Crippen LogP) is 3.06. The van der Waals surface area contributed by atoms with Gasteiger partial charge in [-0.2, -0.15) is 4.98 Å². The van der Waals surface area contributed by atoms with Crippen LogP contribution in [0.1, 0.15) is 0 Å². The number of hydrogen-bond acceptors (Lipinski definition) is 3. The summed E-state index contributed by atoms with van der Waals surface area (Å²) in [6, 6.07) is 5.86. The quantitative estimate of drug-likeness (QED) is 0.679. The Kier molecular flexibility index (Phi) is 1.91. The van der Waals surface area contributed by atoms with Gasteiger partial charge in [-0.3, -0.25) is 0 Å². The number of fused-ring (bicyclic) bond motifs is 1. The number of nitrogens with one attached hydrogen (secondary N) is 1. The van der Waals surface area contributed by atoms with Gasteiger partial charge in [0.2, 0.25) is 0 Å². The number of oxazole rings is 1. The summed E-state index contributed by atoms with van der Waals surface area (Å²) < 4.78 is 4.99. The second-order valence-corrected chi connectivity index (χ2v) is 3.84. The lowest BCUT2D eigenvalue weighted by molar-refractivity contribution is 0.581. The molecule has 0 unspecified atom stereocenters. The fourth-order valence-corrected chi connectivity index (χ4v) is 1.97. The number of nitrogen functional groups attached to an aromatic ring is 1. The number of nitrogens with zero attached hydrogens (tertiary/aromatic N) is 1. The van der Waals surface area contributed by atoms with E-state index in [9.17, 15) is 0 Å². The van der Waals surface area contributed by atoms with Crippen LogP contribution in [0.4, 0.5) is 6.01 Å². The Bertz CT molecular complexity index is 656. The lowest BCUT2D eigenvalue weighted by Gasteiger charge is -1.94. The highest BCUT2D eigenvalue weighted by molar-refractivity contribution is 6.35. The molecule has 0 spiro atoms. The van der Waals surface area contributed by atoms with Gasteiger partial charge in [-0.05, 0) is 6.07 Å². The molecule has 0 bridgehead atoms. The normalized spacial score (nSPS) is 11.1. The van der Waals surface area contributed by atoms with Gasteiger partial charge in [0.05, 0.1) is 10.5 Å². The highest BCUT2D eigenvalue weighted by Gasteiger charge is 2.11. The third-order valence-corrected chi connectivity index (χ3v) is 2.78. The molecule has 0 aliphatic heterocycles. The van der Waals surface area contributed by atoms with Crippen LogP contribution < -0.4 is 5.73 Å². The molecule has 4 nitrogen and oxygen atoms in total. The van der Waals surface area contributed by atoms with Gasteiger partial charge >= 0.3 is 0 Å². The van der Waals surface area contributed by atoms with Crippen LogP contribution in [-0.2, 0) is 0 Å². The molecular formula is C11H8ClN3O. The second kappa shape index (κ2) is 3.28. The molecule has 80 valence electrons. The maximum absolute atomic E-state index is 6.06. The first-order chi connectivity index (χ1) is 7.75. The fourth-order valence-electron chi connectivity index (χ4n) is 1.74. The molecule has 1 aromatic carbocycles. The molecule has 0 radical (unpaired) electrons. The molecule has 3 N–H and O–H groups in total. The van der Waals surface area contributed by atoms with Crippen LogP contribution in [0.5, 0.6) is 0 Å². The summed E-state index contributed by atoms with van der Waals surface area (Å²) in [7, 11) is 0. The maximum Gasteiger partial charge on any atom is 0.292 e. The molecule has 3 rings (SSSR count). The molecule has 0 atom stereocenters. The van der Waals surface area contributed by atoms with Crippen molar-refractivity contribution in [3.8, 4) is 11.3 Å². The average molecular weight is 234 g/mol. The lowest BCUT2D eigenvalue weighted by atomic mass is 10.1. The molecule has 0 saturated carbocycles. The predicted molar refractivity (Wildman–Crippen MR) is 63.2 cm³/mol. The Labute approximate surface area is 96.0 Å². The third kappa shape index (κ3) is 1.27. The zero-order valence-corrected chi connectivity index (χ0v) is 8.95. The molecule has 16 heavy (non-hydrogen) atoms. The van der Waals surface area contributed by atoms with Crippen LogP contribution in [0, 0.1) is 0 Å². The highest BCUT2D eigenvalue weighted by atomic mass is 35.5. The summed E-state index contributed by atoms with van der Waals surface area (Å²) in [4.78, 5) is 7.19. The Morgan fingerprint density at radius 3 is 3.00 bits per heavy atom. The van der Waals surface area contributed by atoms with Crippen molar-refractivity contribution < 1.29 is 4.42 Å². The Morgan fingerprint density at radius 2 is 2.25 bits per heavy atom. The molecule has 0 amide bonds. The standard InChI is InChI=1S/C11H8ClN3O/c12-8-3-1-2-6-7(4-14-10(6)8)9-5-16-11(13)15-9/h1-5,14H,(H2,13,15). The maximum atomic E-state index is 6.06. The van der Waals surface area contributed by atoms with Crippen molar-refractivity contribution in [1.82, 2.24) is 9.97 Å². The van der Waals surface area contributed by atoms with Crippen molar-refractivity contribution >= 4 is 28.5 Å². The van der Waals surface area contributed by atoms with Crippen LogP contribution in [-0.4, -0.2) is 9.97 Å². The van der Waals surface area contributed by atoms with Crippen molar-refractivity contribution in [3.05, 3.63) is 35.7 Å². The van der Waals surface area contributed by atoms with Gasteiger partial charge in [0.25, 0.3) is 6.01 Å². The Morgan fingerprint density at radius 1 is 1.38 bits per heavy atom. The highest BCUT2D eigenvalue weighted by Crippen LogP contribution is 2.31. The number of anilines is 1. The van der Waals surface area contributed by atoms with E-state index < -0.39 is 0 Å². The van der Waals surface area contributed by atoms with E-state index >= 15 is 0 Å². The van der Waals surface area contributed by atoms with Crippen LogP contribution in [0.3, 0.4) is 0 Å². The summed E-state index contributed by atoms with van der Waals surface area (Å²) in [5.41, 5.74) is 7.96. The molecule has 5 heteroatoms. The van der Waals surface area contributed by atoms with E-state index in [1.54, 1.807) is 0 Å². The molecular weight excluding hydrogens is 226 g/mol. The minimum absolute atomic E-state index is 0.159. The van der Waals surface area contributed by atoms with Crippen LogP contribution in [0.25, 0.3) is 22.2 Å². The van der Waals surface area contributed by atoms with E-state index in [0.29, 0.717) is 10.7 Å². The average Bonchev–Trinajstić information content (AvgIpc) is 2.84. The van der Waals surface area contributed by atoms with Crippen molar-refractivity contribution in [2.75, 3.05) is 5.73 Å². The first-order valence-corrected chi connectivity index (χ1v) is 5.10. The summed E-state index contributed by atoms with van der Waals surface area (Å²) in [5.74, 6) is 0. The number of nitrogens with two attached hydrogens (primary N) is 1. The van der Waals surface area contributed by atoms with Crippen LogP contribution >= 0.6 is 11.6 Å². The van der Waals surface area contributed by atoms with E-state index in [1.807, 2.05) is 24.4 Å². The summed E-state index contributed by atoms with van der Waals surface area (Å²) in [6.45, 7) is 0. The fraction of sp³-hybridized carbons (Fsp3) is 0. The number of benzene rings is 1. The van der Waals surface area contributed by atoms with Gasteiger partial charge in [-0.1, -0.05) is 23.7 Å². The van der Waals surface area contributed by atoms with E-state index in [2.05, 4.69) is 9.97 Å². The molecule has 2 aromatic heterocycles. The summed E-state index contributed by atoms with van der Waals surface area (Å²) in [5, 5.41) is 1.68. The smallest absolute Gasteiger partial charge is 0.292 e. The zero-order valence-electron chi connectivity index (χ0n) is 8.20. The van der Waals surface area contributed by atoms with Crippen LogP contribution in [0.15, 0.2) is 35.1 Å². The van der Waals surface area contributed by atoms with Crippen LogP contribution in [0.2, 0.25) is 5.02 Å². The van der Waals surface area contributed by atoms with Crippen molar-refractivity contribution in [2.24, 2.45) is 0 Å². The Balaban J connectivity index is 2.29. The van der Waals surface area contributed by atoms with Crippen molar-refractivity contribution in [2.45, 2.75) is 0 Å². The van der Waals surface area contributed by atoms with Gasteiger partial charge in [0.15, 0.2) is 0 Å². The Hall–Kier alpha value is -1.94. The molecule has 0 aliphatic rings. The number of H-pyrrole nitrogens is 1. The molecule has 0 fully saturated rings. The monoisotopic (exact) mass is 233 g/mol. The van der Waals surface area contributed by atoms with Crippen molar-refractivity contribution in [1.29, 1.82) is 0 Å². The van der Waals surface area contributed by atoms with Gasteiger partial charge < -0.3 is 15.1 Å². The number of rotatable bonds is 1. The van der Waals surface area contributed by atoms with Gasteiger partial charge in [0.1, 0.15) is 12.0 Å². The number of hydrogen-bond donors (Lipinski definition) is 2. The zero-order chi connectivity index (χ0) is 11.1. The lowest BCUT2D eigenvalue weighted by Crippen LogP contribution is -1.82. The van der Waals surface area contributed by atoms with E-state index in [-0.39, 0.29) is 6.01 Å². The van der Waals surface area contributed by atoms with E-state index in [4.69, 9.17) is 21.8 Å². The van der Waals surface area contributed by atoms with Gasteiger partial charge in [0, 0.05) is 17.1 Å². The molecule has 3 aromatic rings. The van der Waals surface area contributed by atoms with Gasteiger partial charge in [-0.25, -0.2) is 0 Å². The van der Waals surface area contributed by atoms with Gasteiger partial charge in [-0.15, -0.1) is 0 Å². The minimum Gasteiger partial charge on any atom is -0.432 e. The molecule has 0 saturated heterocycles. The second-order valence-electron chi connectivity index (χ2n) is 3.44. The number of aromatic amines is 1. The SMILES string of the molecule is Nc1nc(-c2c[nH]c3c(Cl)cccc23)co1. The van der Waals surface area contributed by atoms with E-state index in [0.717, 1.165) is 16.5 Å². The summed E-state index contributed by atoms with van der Waals surface area (Å²) >= 11 is 6.06. The van der Waals surface area contributed by atoms with E-state index in [1.165, 1.54) is 6.26 Å². The first-order valence-electron chi connectivity index (χ1n) is 4.72. The van der Waals surface area contributed by atoms with Crippen molar-refractivity contribution in [3.63, 3.8) is 0 Å². The topological polar surface area (TPSA) is 67.8 Å². The number of halogens is 1. The molecule has 2 heterocycles. The molecule has 0 aliphatic carbocycles. The number of aromatic nitrogens is 2. The first kappa shape index (κ1) is 9.30. The number of para-hydroxylation sites is 1. The minimum atomic E-state index is 0.159. The summed E-state index contributed by atoms with van der Waals surface area (Å²) in [6.07, 6.45) is 3.37.